The number of carbonyl (C=O) groups excluding carboxylic acids is 1. The topological polar surface area (TPSA) is 87.7 Å². The molecule has 0 aliphatic carbocycles. The first-order valence-electron chi connectivity index (χ1n) is 4.51. The van der Waals surface area contributed by atoms with Crippen molar-refractivity contribution in [1.82, 2.24) is 15.0 Å². The van der Waals surface area contributed by atoms with Gasteiger partial charge in [0.05, 0.1) is 12.5 Å². The first-order chi connectivity index (χ1) is 7.77. The Labute approximate surface area is 90.4 Å². The van der Waals surface area contributed by atoms with Gasteiger partial charge in [-0.1, -0.05) is 0 Å². The zero-order valence-electron chi connectivity index (χ0n) is 8.18. The molecule has 16 heavy (non-hydrogen) atoms. The number of nitrogens with zero attached hydrogens (tertiary/aromatic N) is 2. The number of aromatic amines is 1. The second-order valence-electron chi connectivity index (χ2n) is 2.98. The molecule has 80 valence electrons. The number of hydrogen-bond donors (Lipinski definition) is 2. The standard InChI is InChI=1S/C10H8N4O2/c15-9(7-1-3-11-4-2-7)14-8-5-12-6-13-10(8)16/h1-6H,(H,14,15)(H,12,13,16). The Morgan fingerprint density at radius 1 is 1.25 bits per heavy atom. The molecule has 6 nitrogen and oxygen atoms in total. The monoisotopic (exact) mass is 216 g/mol. The van der Waals surface area contributed by atoms with Gasteiger partial charge >= 0.3 is 0 Å². The number of carbonyl (C=O) groups is 1. The van der Waals surface area contributed by atoms with E-state index in [9.17, 15) is 9.59 Å². The molecule has 0 aromatic carbocycles. The van der Waals surface area contributed by atoms with Gasteiger partial charge in [0.15, 0.2) is 0 Å². The maximum Gasteiger partial charge on any atom is 0.274 e. The van der Waals surface area contributed by atoms with Crippen LogP contribution in [0.2, 0.25) is 0 Å². The second kappa shape index (κ2) is 4.35. The van der Waals surface area contributed by atoms with Gasteiger partial charge in [0.2, 0.25) is 0 Å². The molecule has 2 aromatic rings. The minimum Gasteiger partial charge on any atom is -0.316 e. The van der Waals surface area contributed by atoms with Crippen molar-refractivity contribution >= 4 is 11.6 Å². The lowest BCUT2D eigenvalue weighted by Gasteiger charge is -2.02. The molecule has 0 radical (unpaired) electrons. The molecule has 6 heteroatoms. The Hall–Kier alpha value is -2.50. The smallest absolute Gasteiger partial charge is 0.274 e. The van der Waals surface area contributed by atoms with E-state index in [1.54, 1.807) is 12.1 Å². The number of rotatable bonds is 2. The zero-order chi connectivity index (χ0) is 11.4. The third kappa shape index (κ3) is 2.11. The lowest BCUT2D eigenvalue weighted by atomic mass is 10.2. The van der Waals surface area contributed by atoms with E-state index in [1.807, 2.05) is 0 Å². The molecule has 2 heterocycles. The van der Waals surface area contributed by atoms with Gasteiger partial charge in [0, 0.05) is 18.0 Å². The Kier molecular flexibility index (Phi) is 2.73. The average Bonchev–Trinajstić information content (AvgIpc) is 2.33. The number of pyridine rings is 1. The Bertz CT molecular complexity index is 550. The van der Waals surface area contributed by atoms with Crippen LogP contribution >= 0.6 is 0 Å². The maximum absolute atomic E-state index is 11.6. The molecule has 0 spiro atoms. The minimum absolute atomic E-state index is 0.115. The van der Waals surface area contributed by atoms with E-state index >= 15 is 0 Å². The van der Waals surface area contributed by atoms with Crippen molar-refractivity contribution in [3.05, 3.63) is 53.0 Å². The van der Waals surface area contributed by atoms with Crippen LogP contribution in [-0.2, 0) is 0 Å². The molecule has 0 atom stereocenters. The highest BCUT2D eigenvalue weighted by Gasteiger charge is 2.07. The highest BCUT2D eigenvalue weighted by atomic mass is 16.2. The zero-order valence-corrected chi connectivity index (χ0v) is 8.18. The lowest BCUT2D eigenvalue weighted by Crippen LogP contribution is -2.19. The molecule has 2 aromatic heterocycles. The molecule has 0 unspecified atom stereocenters. The molecule has 1 amide bonds. The van der Waals surface area contributed by atoms with Crippen molar-refractivity contribution in [2.75, 3.05) is 5.32 Å². The largest absolute Gasteiger partial charge is 0.316 e. The fourth-order valence-corrected chi connectivity index (χ4v) is 1.13. The van der Waals surface area contributed by atoms with Gasteiger partial charge in [-0.15, -0.1) is 0 Å². The number of amides is 1. The third-order valence-corrected chi connectivity index (χ3v) is 1.91. The molecule has 0 aliphatic rings. The number of aromatic nitrogens is 3. The Morgan fingerprint density at radius 2 is 2.00 bits per heavy atom. The quantitative estimate of drug-likeness (QED) is 0.761. The van der Waals surface area contributed by atoms with Crippen molar-refractivity contribution in [1.29, 1.82) is 0 Å². The van der Waals surface area contributed by atoms with Crippen LogP contribution in [0.15, 0.2) is 41.8 Å². The summed E-state index contributed by atoms with van der Waals surface area (Å²) < 4.78 is 0. The van der Waals surface area contributed by atoms with E-state index in [2.05, 4.69) is 20.3 Å². The van der Waals surface area contributed by atoms with Crippen LogP contribution in [0.5, 0.6) is 0 Å². The van der Waals surface area contributed by atoms with Crippen LogP contribution in [0, 0.1) is 0 Å². The van der Waals surface area contributed by atoms with E-state index < -0.39 is 5.56 Å². The summed E-state index contributed by atoms with van der Waals surface area (Å²) in [5, 5.41) is 2.45. The number of nitrogens with one attached hydrogen (secondary N) is 2. The summed E-state index contributed by atoms with van der Waals surface area (Å²) in [5.41, 5.74) is 0.153. The molecule has 2 N–H and O–H groups in total. The fraction of sp³-hybridized carbons (Fsp3) is 0. The Morgan fingerprint density at radius 3 is 2.69 bits per heavy atom. The normalized spacial score (nSPS) is 9.75. The van der Waals surface area contributed by atoms with Crippen molar-refractivity contribution in [2.45, 2.75) is 0 Å². The van der Waals surface area contributed by atoms with E-state index in [4.69, 9.17) is 0 Å². The molecule has 0 aliphatic heterocycles. The molecular formula is C10H8N4O2. The van der Waals surface area contributed by atoms with Crippen LogP contribution in [-0.4, -0.2) is 20.9 Å². The molecule has 0 saturated heterocycles. The second-order valence-corrected chi connectivity index (χ2v) is 2.98. The summed E-state index contributed by atoms with van der Waals surface area (Å²) in [6, 6.07) is 3.11. The summed E-state index contributed by atoms with van der Waals surface area (Å²) >= 11 is 0. The van der Waals surface area contributed by atoms with Gasteiger partial charge in [0.1, 0.15) is 5.69 Å². The number of H-pyrrole nitrogens is 1. The predicted octanol–water partition coefficient (Wildman–Crippen LogP) is 0.417. The van der Waals surface area contributed by atoms with Gasteiger partial charge in [-0.2, -0.15) is 0 Å². The summed E-state index contributed by atoms with van der Waals surface area (Å²) in [7, 11) is 0. The van der Waals surface area contributed by atoms with E-state index in [0.29, 0.717) is 5.56 Å². The molecule has 2 rings (SSSR count). The molecular weight excluding hydrogens is 208 g/mol. The van der Waals surface area contributed by atoms with E-state index in [0.717, 1.165) is 0 Å². The molecule has 0 bridgehead atoms. The highest BCUT2D eigenvalue weighted by Crippen LogP contribution is 2.01. The summed E-state index contributed by atoms with van der Waals surface area (Å²) in [5.74, 6) is -0.374. The van der Waals surface area contributed by atoms with Crippen LogP contribution in [0.1, 0.15) is 10.4 Å². The van der Waals surface area contributed by atoms with Crippen LogP contribution in [0.25, 0.3) is 0 Å². The minimum atomic E-state index is -0.391. The first-order valence-corrected chi connectivity index (χ1v) is 4.51. The van der Waals surface area contributed by atoms with Crippen molar-refractivity contribution in [2.24, 2.45) is 0 Å². The van der Waals surface area contributed by atoms with Gasteiger partial charge in [-0.3, -0.25) is 14.6 Å². The SMILES string of the molecule is O=C(Nc1cnc[nH]c1=O)c1ccncc1. The first kappa shape index (κ1) is 10.0. The van der Waals surface area contributed by atoms with Gasteiger partial charge < -0.3 is 10.3 Å². The lowest BCUT2D eigenvalue weighted by molar-refractivity contribution is 0.102. The maximum atomic E-state index is 11.6. The van der Waals surface area contributed by atoms with Crippen LogP contribution in [0.4, 0.5) is 5.69 Å². The van der Waals surface area contributed by atoms with E-state index in [-0.39, 0.29) is 11.6 Å². The fourth-order valence-electron chi connectivity index (χ4n) is 1.13. The summed E-state index contributed by atoms with van der Waals surface area (Å²) in [6.07, 6.45) is 5.55. The van der Waals surface area contributed by atoms with Crippen LogP contribution in [0.3, 0.4) is 0 Å². The molecule has 0 saturated carbocycles. The Balaban J connectivity index is 2.21. The highest BCUT2D eigenvalue weighted by molar-refractivity contribution is 6.03. The van der Waals surface area contributed by atoms with Crippen molar-refractivity contribution in [3.8, 4) is 0 Å². The van der Waals surface area contributed by atoms with Crippen LogP contribution < -0.4 is 10.9 Å². The third-order valence-electron chi connectivity index (χ3n) is 1.91. The van der Waals surface area contributed by atoms with Crippen molar-refractivity contribution < 1.29 is 4.79 Å². The van der Waals surface area contributed by atoms with E-state index in [1.165, 1.54) is 24.9 Å². The van der Waals surface area contributed by atoms with Crippen molar-refractivity contribution in [3.63, 3.8) is 0 Å². The number of hydrogen-bond acceptors (Lipinski definition) is 4. The summed E-state index contributed by atoms with van der Waals surface area (Å²) in [6.45, 7) is 0. The summed E-state index contributed by atoms with van der Waals surface area (Å²) in [4.78, 5) is 32.8. The predicted molar refractivity (Wildman–Crippen MR) is 57.0 cm³/mol. The van der Waals surface area contributed by atoms with Gasteiger partial charge in [-0.25, -0.2) is 4.98 Å². The molecule has 0 fully saturated rings. The van der Waals surface area contributed by atoms with Gasteiger partial charge in [0.25, 0.3) is 11.5 Å². The number of anilines is 1. The van der Waals surface area contributed by atoms with Gasteiger partial charge in [-0.05, 0) is 12.1 Å². The average molecular weight is 216 g/mol.